The van der Waals surface area contributed by atoms with Crippen LogP contribution < -0.4 is 0 Å². The van der Waals surface area contributed by atoms with Gasteiger partial charge in [0.1, 0.15) is 0 Å². The molecule has 2 fully saturated rings. The molecule has 0 aromatic heterocycles. The third kappa shape index (κ3) is 1.07. The number of hydrogen-bond donors (Lipinski definition) is 0. The lowest BCUT2D eigenvalue weighted by Crippen LogP contribution is -2.55. The van der Waals surface area contributed by atoms with Crippen LogP contribution in [0.25, 0.3) is 0 Å². The topological polar surface area (TPSA) is 20.3 Å². The molecular weight excluding hydrogens is 171 g/mol. The van der Waals surface area contributed by atoms with E-state index in [9.17, 15) is 18.0 Å². The monoisotopic (exact) mass is 179 g/mol. The average Bonchev–Trinajstić information content (AvgIpc) is 2.58. The summed E-state index contributed by atoms with van der Waals surface area (Å²) in [7, 11) is 0. The quantitative estimate of drug-likeness (QED) is 0.546. The number of nitrogens with zero attached hydrogens (tertiary/aromatic N) is 1. The van der Waals surface area contributed by atoms with Gasteiger partial charge in [0.25, 0.3) is 0 Å². The number of alkyl halides is 3. The van der Waals surface area contributed by atoms with Gasteiger partial charge in [0.05, 0.1) is 0 Å². The van der Waals surface area contributed by atoms with E-state index in [-0.39, 0.29) is 5.41 Å². The fraction of sp³-hybridized carbons (Fsp3) is 0.857. The first-order chi connectivity index (χ1) is 5.43. The molecule has 1 heterocycles. The lowest BCUT2D eigenvalue weighted by Gasteiger charge is -2.40. The first kappa shape index (κ1) is 7.89. The summed E-state index contributed by atoms with van der Waals surface area (Å²) in [6.07, 6.45) is -2.72. The molecule has 0 radical (unpaired) electrons. The molecule has 1 saturated carbocycles. The van der Waals surface area contributed by atoms with E-state index >= 15 is 0 Å². The van der Waals surface area contributed by atoms with Gasteiger partial charge in [-0.15, -0.1) is 0 Å². The molecule has 0 aromatic carbocycles. The zero-order valence-electron chi connectivity index (χ0n) is 6.32. The Kier molecular flexibility index (Phi) is 1.28. The van der Waals surface area contributed by atoms with Gasteiger partial charge in [-0.2, -0.15) is 13.2 Å². The summed E-state index contributed by atoms with van der Waals surface area (Å²) in [5, 5.41) is 0. The molecule has 0 N–H and O–H groups in total. The van der Waals surface area contributed by atoms with Crippen LogP contribution in [0.2, 0.25) is 0 Å². The Bertz CT molecular complexity index is 223. The van der Waals surface area contributed by atoms with Crippen LogP contribution in [0.1, 0.15) is 12.8 Å². The van der Waals surface area contributed by atoms with Gasteiger partial charge in [-0.3, -0.25) is 4.79 Å². The number of rotatable bonds is 0. The molecule has 1 spiro atoms. The van der Waals surface area contributed by atoms with Gasteiger partial charge in [-0.1, -0.05) is 0 Å². The first-order valence-electron chi connectivity index (χ1n) is 3.79. The van der Waals surface area contributed by atoms with E-state index in [1.807, 2.05) is 0 Å². The van der Waals surface area contributed by atoms with Crippen molar-refractivity contribution in [2.45, 2.75) is 19.0 Å². The Morgan fingerprint density at radius 3 is 2.08 bits per heavy atom. The summed E-state index contributed by atoms with van der Waals surface area (Å²) < 4.78 is 35.4. The fourth-order valence-corrected chi connectivity index (χ4v) is 1.58. The second kappa shape index (κ2) is 1.95. The van der Waals surface area contributed by atoms with E-state index < -0.39 is 12.1 Å². The molecule has 2 nitrogen and oxygen atoms in total. The molecule has 2 aliphatic rings. The number of amides is 1. The maximum atomic E-state index is 11.8. The van der Waals surface area contributed by atoms with Gasteiger partial charge in [0, 0.05) is 18.5 Å². The number of carbonyl (C=O) groups excluding carboxylic acids is 1. The van der Waals surface area contributed by atoms with Crippen LogP contribution in [0.15, 0.2) is 0 Å². The minimum absolute atomic E-state index is 0.0981. The van der Waals surface area contributed by atoms with Crippen LogP contribution in [-0.4, -0.2) is 30.1 Å². The van der Waals surface area contributed by atoms with E-state index in [1.54, 1.807) is 0 Å². The van der Waals surface area contributed by atoms with Crippen molar-refractivity contribution in [3.63, 3.8) is 0 Å². The third-order valence-electron chi connectivity index (χ3n) is 2.54. The lowest BCUT2D eigenvalue weighted by atomic mass is 9.97. The first-order valence-corrected chi connectivity index (χ1v) is 3.79. The minimum atomic E-state index is -4.68. The fourth-order valence-electron chi connectivity index (χ4n) is 1.58. The Morgan fingerprint density at radius 2 is 1.75 bits per heavy atom. The summed E-state index contributed by atoms with van der Waals surface area (Å²) in [5.41, 5.74) is 0.0981. The molecular formula is C7H8F3NO. The molecule has 0 bridgehead atoms. The SMILES string of the molecule is O=C(N1CC2(CC2)C1)C(F)(F)F. The Morgan fingerprint density at radius 1 is 1.25 bits per heavy atom. The van der Waals surface area contributed by atoms with Crippen molar-refractivity contribution in [3.8, 4) is 0 Å². The second-order valence-corrected chi connectivity index (χ2v) is 3.66. The third-order valence-corrected chi connectivity index (χ3v) is 2.54. The number of hydrogen-bond acceptors (Lipinski definition) is 1. The summed E-state index contributed by atoms with van der Waals surface area (Å²) >= 11 is 0. The van der Waals surface area contributed by atoms with Crippen molar-refractivity contribution in [3.05, 3.63) is 0 Å². The highest BCUT2D eigenvalue weighted by atomic mass is 19.4. The predicted molar refractivity (Wildman–Crippen MR) is 34.3 cm³/mol. The van der Waals surface area contributed by atoms with Gasteiger partial charge in [0.2, 0.25) is 0 Å². The lowest BCUT2D eigenvalue weighted by molar-refractivity contribution is -0.192. The van der Waals surface area contributed by atoms with E-state index in [2.05, 4.69) is 0 Å². The number of halogens is 3. The molecule has 1 aliphatic heterocycles. The maximum absolute atomic E-state index is 11.8. The van der Waals surface area contributed by atoms with Gasteiger partial charge in [-0.25, -0.2) is 0 Å². The highest BCUT2D eigenvalue weighted by molar-refractivity contribution is 5.82. The minimum Gasteiger partial charge on any atom is -0.334 e. The predicted octanol–water partition coefficient (Wildman–Crippen LogP) is 1.17. The standard InChI is InChI=1S/C7H8F3NO/c8-7(9,10)5(12)11-3-6(4-11)1-2-6/h1-4H2. The van der Waals surface area contributed by atoms with Crippen molar-refractivity contribution < 1.29 is 18.0 Å². The Balaban J connectivity index is 1.91. The molecule has 2 rings (SSSR count). The largest absolute Gasteiger partial charge is 0.471 e. The molecule has 68 valence electrons. The normalized spacial score (nSPS) is 25.4. The molecule has 1 aliphatic carbocycles. The summed E-state index contributed by atoms with van der Waals surface area (Å²) in [5.74, 6) is -1.68. The van der Waals surface area contributed by atoms with Crippen LogP contribution in [0.5, 0.6) is 0 Å². The van der Waals surface area contributed by atoms with Crippen LogP contribution in [0.3, 0.4) is 0 Å². The second-order valence-electron chi connectivity index (χ2n) is 3.66. The van der Waals surface area contributed by atoms with Crippen molar-refractivity contribution in [2.24, 2.45) is 5.41 Å². The van der Waals surface area contributed by atoms with E-state index in [0.29, 0.717) is 13.1 Å². The van der Waals surface area contributed by atoms with E-state index in [1.165, 1.54) is 0 Å². The molecule has 1 saturated heterocycles. The Labute approximate surface area is 67.3 Å². The van der Waals surface area contributed by atoms with Crippen LogP contribution in [0, 0.1) is 5.41 Å². The van der Waals surface area contributed by atoms with Crippen LogP contribution >= 0.6 is 0 Å². The van der Waals surface area contributed by atoms with Gasteiger partial charge < -0.3 is 4.90 Å². The highest BCUT2D eigenvalue weighted by Crippen LogP contribution is 2.53. The van der Waals surface area contributed by atoms with Gasteiger partial charge >= 0.3 is 12.1 Å². The summed E-state index contributed by atoms with van der Waals surface area (Å²) in [6.45, 7) is 0.622. The van der Waals surface area contributed by atoms with Crippen LogP contribution in [-0.2, 0) is 4.79 Å². The van der Waals surface area contributed by atoms with Crippen molar-refractivity contribution in [1.82, 2.24) is 4.90 Å². The highest BCUT2D eigenvalue weighted by Gasteiger charge is 2.57. The molecule has 0 unspecified atom stereocenters. The van der Waals surface area contributed by atoms with E-state index in [4.69, 9.17) is 0 Å². The molecule has 5 heteroatoms. The average molecular weight is 179 g/mol. The molecule has 1 amide bonds. The molecule has 0 aromatic rings. The Hall–Kier alpha value is -0.740. The van der Waals surface area contributed by atoms with Gasteiger partial charge in [0.15, 0.2) is 0 Å². The molecule has 0 atom stereocenters. The van der Waals surface area contributed by atoms with E-state index in [0.717, 1.165) is 17.7 Å². The summed E-state index contributed by atoms with van der Waals surface area (Å²) in [6, 6.07) is 0. The van der Waals surface area contributed by atoms with Crippen molar-refractivity contribution >= 4 is 5.91 Å². The summed E-state index contributed by atoms with van der Waals surface area (Å²) in [4.78, 5) is 11.4. The number of likely N-dealkylation sites (tertiary alicyclic amines) is 1. The van der Waals surface area contributed by atoms with Crippen molar-refractivity contribution in [2.75, 3.05) is 13.1 Å². The molecule has 12 heavy (non-hydrogen) atoms. The van der Waals surface area contributed by atoms with Gasteiger partial charge in [-0.05, 0) is 12.8 Å². The zero-order chi connectivity index (χ0) is 8.98. The smallest absolute Gasteiger partial charge is 0.334 e. The van der Waals surface area contributed by atoms with Crippen LogP contribution in [0.4, 0.5) is 13.2 Å². The van der Waals surface area contributed by atoms with Crippen molar-refractivity contribution in [1.29, 1.82) is 0 Å². The zero-order valence-corrected chi connectivity index (χ0v) is 6.32. The maximum Gasteiger partial charge on any atom is 0.471 e. The number of carbonyl (C=O) groups is 1.